The number of hydrogen-bond donors (Lipinski definition) is 0. The van der Waals surface area contributed by atoms with Gasteiger partial charge in [-0.25, -0.2) is 4.79 Å². The number of fused-ring (bicyclic) bond motifs is 1. The maximum Gasteiger partial charge on any atom is 0.373 e. The van der Waals surface area contributed by atoms with Crippen molar-refractivity contribution in [3.63, 3.8) is 0 Å². The molecule has 3 rings (SSSR count). The van der Waals surface area contributed by atoms with E-state index in [1.807, 2.05) is 12.1 Å². The number of hydrogen-bond acceptors (Lipinski definition) is 5. The molecule has 7 heteroatoms. The topological polar surface area (TPSA) is 88.9 Å². The molecule has 18 heavy (non-hydrogen) atoms. The van der Waals surface area contributed by atoms with E-state index < -0.39 is 5.69 Å². The minimum absolute atomic E-state index is 0.162. The second-order valence-corrected chi connectivity index (χ2v) is 3.52. The van der Waals surface area contributed by atoms with Crippen LogP contribution < -0.4 is 5.69 Å². The zero-order valence-electron chi connectivity index (χ0n) is 9.06. The summed E-state index contributed by atoms with van der Waals surface area (Å²) in [4.78, 5) is 12.1. The van der Waals surface area contributed by atoms with Crippen LogP contribution in [0.4, 0.5) is 0 Å². The molecule has 0 fully saturated rings. The van der Waals surface area contributed by atoms with Crippen molar-refractivity contribution < 1.29 is 0 Å². The Labute approximate surface area is 101 Å². The first-order chi connectivity index (χ1) is 8.81. The molecule has 2 aromatic heterocycles. The van der Waals surface area contributed by atoms with Crippen LogP contribution in [-0.2, 0) is 0 Å². The molecule has 0 spiro atoms. The number of nitrogens with zero attached hydrogens (tertiary/aromatic N) is 6. The summed E-state index contributed by atoms with van der Waals surface area (Å²) in [6.45, 7) is 0. The minimum Gasteiger partial charge on any atom is -0.243 e. The van der Waals surface area contributed by atoms with Gasteiger partial charge in [0.2, 0.25) is 5.65 Å². The highest BCUT2D eigenvalue weighted by atomic mass is 16.2. The van der Waals surface area contributed by atoms with Crippen LogP contribution in [0, 0.1) is 11.3 Å². The van der Waals surface area contributed by atoms with E-state index in [4.69, 9.17) is 5.26 Å². The van der Waals surface area contributed by atoms with Crippen molar-refractivity contribution in [2.75, 3.05) is 0 Å². The number of benzene rings is 1. The lowest BCUT2D eigenvalue weighted by atomic mass is 10.3. The van der Waals surface area contributed by atoms with Crippen LogP contribution in [-0.4, -0.2) is 24.6 Å². The molecule has 0 aliphatic carbocycles. The highest BCUT2D eigenvalue weighted by molar-refractivity contribution is 5.52. The van der Waals surface area contributed by atoms with E-state index in [2.05, 4.69) is 15.4 Å². The van der Waals surface area contributed by atoms with Gasteiger partial charge in [0.15, 0.2) is 0 Å². The molecule has 0 atom stereocenters. The van der Waals surface area contributed by atoms with Crippen molar-refractivity contribution in [1.82, 2.24) is 24.6 Å². The first-order valence-electron chi connectivity index (χ1n) is 5.10. The van der Waals surface area contributed by atoms with Gasteiger partial charge >= 0.3 is 5.69 Å². The van der Waals surface area contributed by atoms with Gasteiger partial charge in [-0.05, 0) is 12.1 Å². The third kappa shape index (κ3) is 1.36. The van der Waals surface area contributed by atoms with Crippen molar-refractivity contribution >= 4 is 5.65 Å². The Morgan fingerprint density at radius 1 is 1.22 bits per heavy atom. The molecule has 0 radical (unpaired) electrons. The normalized spacial score (nSPS) is 10.4. The zero-order valence-corrected chi connectivity index (χ0v) is 9.06. The van der Waals surface area contributed by atoms with Crippen molar-refractivity contribution in [1.29, 1.82) is 5.26 Å². The molecule has 2 heterocycles. The Balaban J connectivity index is 2.32. The Morgan fingerprint density at radius 2 is 2.00 bits per heavy atom. The van der Waals surface area contributed by atoms with Crippen LogP contribution >= 0.6 is 0 Å². The summed E-state index contributed by atoms with van der Waals surface area (Å²) >= 11 is 0. The standard InChI is InChI=1S/C11H6N6O/c12-6-8-7-13-17-10(8)14-15-16(11(17)18)9-4-2-1-3-5-9/h1-5,7H. The molecule has 0 saturated carbocycles. The predicted molar refractivity (Wildman–Crippen MR) is 61.1 cm³/mol. The van der Waals surface area contributed by atoms with Crippen molar-refractivity contribution in [3.05, 3.63) is 52.6 Å². The molecule has 0 aliphatic heterocycles. The molecule has 7 nitrogen and oxygen atoms in total. The summed E-state index contributed by atoms with van der Waals surface area (Å²) in [6.07, 6.45) is 1.29. The molecule has 1 aromatic carbocycles. The second-order valence-electron chi connectivity index (χ2n) is 3.52. The summed E-state index contributed by atoms with van der Waals surface area (Å²) in [5.41, 5.74) is 0.508. The molecule has 0 unspecified atom stereocenters. The van der Waals surface area contributed by atoms with Crippen LogP contribution in [0.2, 0.25) is 0 Å². The van der Waals surface area contributed by atoms with Gasteiger partial charge in [0.25, 0.3) is 0 Å². The average Bonchev–Trinajstić information content (AvgIpc) is 2.84. The van der Waals surface area contributed by atoms with Crippen LogP contribution in [0.25, 0.3) is 11.3 Å². The smallest absolute Gasteiger partial charge is 0.243 e. The van der Waals surface area contributed by atoms with Gasteiger partial charge in [0, 0.05) is 0 Å². The van der Waals surface area contributed by atoms with E-state index in [9.17, 15) is 4.79 Å². The van der Waals surface area contributed by atoms with Crippen LogP contribution in [0.5, 0.6) is 0 Å². The fourth-order valence-corrected chi connectivity index (χ4v) is 1.60. The van der Waals surface area contributed by atoms with Crippen LogP contribution in [0.1, 0.15) is 5.56 Å². The van der Waals surface area contributed by atoms with Crippen molar-refractivity contribution in [3.8, 4) is 11.8 Å². The Morgan fingerprint density at radius 3 is 2.72 bits per heavy atom. The Kier molecular flexibility index (Phi) is 2.13. The fourth-order valence-electron chi connectivity index (χ4n) is 1.60. The number of aromatic nitrogens is 5. The highest BCUT2D eigenvalue weighted by Crippen LogP contribution is 2.04. The minimum atomic E-state index is -0.465. The third-order valence-electron chi connectivity index (χ3n) is 2.46. The van der Waals surface area contributed by atoms with E-state index in [1.54, 1.807) is 24.3 Å². The molecule has 3 aromatic rings. The van der Waals surface area contributed by atoms with E-state index in [-0.39, 0.29) is 11.2 Å². The monoisotopic (exact) mass is 238 g/mol. The lowest BCUT2D eigenvalue weighted by Crippen LogP contribution is -2.29. The lowest BCUT2D eigenvalue weighted by molar-refractivity contribution is 0.650. The molecular weight excluding hydrogens is 232 g/mol. The van der Waals surface area contributed by atoms with Gasteiger partial charge < -0.3 is 0 Å². The average molecular weight is 238 g/mol. The third-order valence-corrected chi connectivity index (χ3v) is 2.46. The van der Waals surface area contributed by atoms with E-state index in [0.29, 0.717) is 5.69 Å². The largest absolute Gasteiger partial charge is 0.373 e. The number of para-hydroxylation sites is 1. The van der Waals surface area contributed by atoms with Gasteiger partial charge in [-0.2, -0.15) is 19.6 Å². The summed E-state index contributed by atoms with van der Waals surface area (Å²) in [5.74, 6) is 0. The second kappa shape index (κ2) is 3.78. The van der Waals surface area contributed by atoms with Gasteiger partial charge in [-0.3, -0.25) is 0 Å². The summed E-state index contributed by atoms with van der Waals surface area (Å²) < 4.78 is 2.18. The fraction of sp³-hybridized carbons (Fsp3) is 0. The van der Waals surface area contributed by atoms with Crippen LogP contribution in [0.3, 0.4) is 0 Å². The first kappa shape index (κ1) is 10.2. The van der Waals surface area contributed by atoms with Gasteiger partial charge in [-0.1, -0.05) is 23.4 Å². The first-order valence-corrected chi connectivity index (χ1v) is 5.10. The predicted octanol–water partition coefficient (Wildman–Crippen LogP) is 0.147. The molecular formula is C11H6N6O. The SMILES string of the molecule is N#Cc1cnn2c(=O)n(-c3ccccc3)nnc12. The summed E-state index contributed by atoms with van der Waals surface area (Å²) in [6, 6.07) is 10.8. The zero-order chi connectivity index (χ0) is 12.5. The maximum atomic E-state index is 12.1. The van der Waals surface area contributed by atoms with E-state index >= 15 is 0 Å². The van der Waals surface area contributed by atoms with Gasteiger partial charge in [0.05, 0.1) is 11.9 Å². The highest BCUT2D eigenvalue weighted by Gasteiger charge is 2.11. The number of rotatable bonds is 1. The molecule has 0 aliphatic rings. The van der Waals surface area contributed by atoms with Gasteiger partial charge in [-0.15, -0.1) is 5.10 Å². The molecule has 86 valence electrons. The van der Waals surface area contributed by atoms with Crippen LogP contribution in [0.15, 0.2) is 41.3 Å². The molecule has 0 bridgehead atoms. The maximum absolute atomic E-state index is 12.1. The number of nitriles is 1. The Hall–Kier alpha value is -3.01. The quantitative estimate of drug-likeness (QED) is 0.602. The molecule has 0 N–H and O–H groups in total. The lowest BCUT2D eigenvalue weighted by Gasteiger charge is -2.02. The molecule has 0 saturated heterocycles. The van der Waals surface area contributed by atoms with E-state index in [1.165, 1.54) is 6.20 Å². The molecule has 0 amide bonds. The Bertz CT molecular complexity index is 811. The van der Waals surface area contributed by atoms with Gasteiger partial charge in [0.1, 0.15) is 11.6 Å². The van der Waals surface area contributed by atoms with Crippen molar-refractivity contribution in [2.45, 2.75) is 0 Å². The summed E-state index contributed by atoms with van der Waals surface area (Å²) in [7, 11) is 0. The summed E-state index contributed by atoms with van der Waals surface area (Å²) in [5, 5.41) is 20.3. The van der Waals surface area contributed by atoms with Crippen molar-refractivity contribution in [2.24, 2.45) is 0 Å². The van der Waals surface area contributed by atoms with E-state index in [0.717, 1.165) is 9.20 Å².